The van der Waals surface area contributed by atoms with Crippen LogP contribution in [0.25, 0.3) is 0 Å². The van der Waals surface area contributed by atoms with Crippen LogP contribution in [-0.4, -0.2) is 23.6 Å². The van der Waals surface area contributed by atoms with Gasteiger partial charge in [-0.2, -0.15) is 0 Å². The third kappa shape index (κ3) is 0.740. The number of rotatable bonds is 1. The number of likely N-dealkylation sites (N-methyl/N-ethyl adjacent to an activating group) is 1. The molecule has 8 heavy (non-hydrogen) atoms. The van der Waals surface area contributed by atoms with E-state index >= 15 is 0 Å². The molecular formula is C6H14N2. The lowest BCUT2D eigenvalue weighted by molar-refractivity contribution is -0.00712. The Morgan fingerprint density at radius 3 is 2.25 bits per heavy atom. The molecule has 0 aromatic carbocycles. The Balaban J connectivity index is 2.25. The van der Waals surface area contributed by atoms with Crippen LogP contribution in [0, 0.1) is 0 Å². The zero-order valence-electron chi connectivity index (χ0n) is 5.81. The van der Waals surface area contributed by atoms with Crippen molar-refractivity contribution in [3.05, 3.63) is 0 Å². The first-order valence-electron chi connectivity index (χ1n) is 3.28. The van der Waals surface area contributed by atoms with E-state index in [1.165, 1.54) is 0 Å². The molecule has 1 rings (SSSR count). The van der Waals surface area contributed by atoms with E-state index in [1.54, 1.807) is 0 Å². The summed E-state index contributed by atoms with van der Waals surface area (Å²) in [5, 5.41) is 2.24. The fraction of sp³-hybridized carbons (Fsp3) is 1.00. The molecule has 48 valence electrons. The predicted molar refractivity (Wildman–Crippen MR) is 34.4 cm³/mol. The van der Waals surface area contributed by atoms with Crippen molar-refractivity contribution in [1.29, 1.82) is 0 Å². The van der Waals surface area contributed by atoms with Gasteiger partial charge in [0.25, 0.3) is 0 Å². The van der Waals surface area contributed by atoms with Gasteiger partial charge in [-0.1, -0.05) is 6.92 Å². The maximum absolute atomic E-state index is 3.28. The third-order valence-electron chi connectivity index (χ3n) is 1.93. The molecule has 1 fully saturated rings. The van der Waals surface area contributed by atoms with Crippen LogP contribution in [0.1, 0.15) is 20.8 Å². The molecule has 2 heteroatoms. The van der Waals surface area contributed by atoms with Crippen molar-refractivity contribution in [2.24, 2.45) is 0 Å². The quantitative estimate of drug-likeness (QED) is 0.537. The summed E-state index contributed by atoms with van der Waals surface area (Å²) in [5.41, 5.74) is 3.28. The fourth-order valence-corrected chi connectivity index (χ4v) is 1.05. The van der Waals surface area contributed by atoms with Crippen LogP contribution in [-0.2, 0) is 0 Å². The standard InChI is InChI=1S/C6H14N2/c1-4-8-6(3)5(2)7-8/h5-7H,4H2,1-3H3/t5-,6?/m0/s1. The average molecular weight is 114 g/mol. The van der Waals surface area contributed by atoms with Crippen molar-refractivity contribution in [3.63, 3.8) is 0 Å². The van der Waals surface area contributed by atoms with E-state index in [1.807, 2.05) is 0 Å². The van der Waals surface area contributed by atoms with Gasteiger partial charge < -0.3 is 0 Å². The van der Waals surface area contributed by atoms with Crippen LogP contribution in [0.5, 0.6) is 0 Å². The number of hydrogen-bond donors (Lipinski definition) is 1. The molecule has 0 bridgehead atoms. The lowest BCUT2D eigenvalue weighted by Crippen LogP contribution is -2.66. The van der Waals surface area contributed by atoms with Gasteiger partial charge in [0.1, 0.15) is 0 Å². The molecule has 0 aromatic heterocycles. The highest BCUT2D eigenvalue weighted by molar-refractivity contribution is 4.83. The normalized spacial score (nSPS) is 39.4. The lowest BCUT2D eigenvalue weighted by Gasteiger charge is -2.45. The van der Waals surface area contributed by atoms with Crippen molar-refractivity contribution in [2.75, 3.05) is 6.54 Å². The van der Waals surface area contributed by atoms with Gasteiger partial charge in [0.2, 0.25) is 0 Å². The molecular weight excluding hydrogens is 100 g/mol. The summed E-state index contributed by atoms with van der Waals surface area (Å²) in [6.45, 7) is 7.72. The van der Waals surface area contributed by atoms with E-state index in [4.69, 9.17) is 0 Å². The van der Waals surface area contributed by atoms with Gasteiger partial charge in [0, 0.05) is 18.6 Å². The average Bonchev–Trinajstić information content (AvgIpc) is 1.81. The maximum Gasteiger partial charge on any atom is 0.0379 e. The Labute approximate surface area is 50.8 Å². The molecule has 1 saturated heterocycles. The molecule has 0 spiro atoms. The summed E-state index contributed by atoms with van der Waals surface area (Å²) >= 11 is 0. The molecule has 0 aliphatic carbocycles. The van der Waals surface area contributed by atoms with E-state index in [0.29, 0.717) is 6.04 Å². The summed E-state index contributed by atoms with van der Waals surface area (Å²) < 4.78 is 0. The van der Waals surface area contributed by atoms with Crippen LogP contribution < -0.4 is 5.43 Å². The van der Waals surface area contributed by atoms with E-state index in [0.717, 1.165) is 12.6 Å². The Bertz CT molecular complexity index is 82.6. The minimum absolute atomic E-state index is 0.690. The van der Waals surface area contributed by atoms with E-state index in [2.05, 4.69) is 31.2 Å². The fourth-order valence-electron chi connectivity index (χ4n) is 1.05. The predicted octanol–water partition coefficient (Wildman–Crippen LogP) is 0.604. The summed E-state index contributed by atoms with van der Waals surface area (Å²) in [6, 6.07) is 1.43. The van der Waals surface area contributed by atoms with E-state index in [-0.39, 0.29) is 0 Å². The van der Waals surface area contributed by atoms with Gasteiger partial charge in [0.05, 0.1) is 0 Å². The molecule has 0 saturated carbocycles. The number of hydrogen-bond acceptors (Lipinski definition) is 2. The van der Waals surface area contributed by atoms with Gasteiger partial charge in [-0.05, 0) is 13.8 Å². The minimum atomic E-state index is 0.690. The van der Waals surface area contributed by atoms with E-state index < -0.39 is 0 Å². The van der Waals surface area contributed by atoms with Crippen LogP contribution in [0.15, 0.2) is 0 Å². The molecule has 0 radical (unpaired) electrons. The molecule has 2 atom stereocenters. The molecule has 0 aromatic rings. The van der Waals surface area contributed by atoms with Crippen LogP contribution >= 0.6 is 0 Å². The highest BCUT2D eigenvalue weighted by Gasteiger charge is 2.28. The smallest absolute Gasteiger partial charge is 0.0379 e. The summed E-state index contributed by atoms with van der Waals surface area (Å²) in [6.07, 6.45) is 0. The molecule has 1 unspecified atom stereocenters. The van der Waals surface area contributed by atoms with Gasteiger partial charge in [-0.3, -0.25) is 5.43 Å². The zero-order chi connectivity index (χ0) is 6.15. The second kappa shape index (κ2) is 2.03. The van der Waals surface area contributed by atoms with Crippen LogP contribution in [0.4, 0.5) is 0 Å². The van der Waals surface area contributed by atoms with Crippen molar-refractivity contribution >= 4 is 0 Å². The molecule has 1 heterocycles. The van der Waals surface area contributed by atoms with Crippen molar-refractivity contribution in [3.8, 4) is 0 Å². The SMILES string of the molecule is CCN1N[C@@H](C)C1C. The highest BCUT2D eigenvalue weighted by atomic mass is 15.6. The Hall–Kier alpha value is -0.0800. The second-order valence-corrected chi connectivity index (χ2v) is 2.44. The van der Waals surface area contributed by atoms with Crippen molar-refractivity contribution in [1.82, 2.24) is 10.4 Å². The lowest BCUT2D eigenvalue weighted by atomic mass is 10.1. The zero-order valence-corrected chi connectivity index (χ0v) is 5.81. The van der Waals surface area contributed by atoms with Crippen molar-refractivity contribution in [2.45, 2.75) is 32.9 Å². The van der Waals surface area contributed by atoms with Crippen LogP contribution in [0.3, 0.4) is 0 Å². The monoisotopic (exact) mass is 114 g/mol. The summed E-state index contributed by atoms with van der Waals surface area (Å²) in [5.74, 6) is 0. The molecule has 1 aliphatic rings. The number of nitrogens with one attached hydrogen (secondary N) is 1. The Kier molecular flexibility index (Phi) is 1.54. The Morgan fingerprint density at radius 2 is 2.12 bits per heavy atom. The number of hydrazine groups is 1. The third-order valence-corrected chi connectivity index (χ3v) is 1.93. The highest BCUT2D eigenvalue weighted by Crippen LogP contribution is 2.10. The molecule has 2 nitrogen and oxygen atoms in total. The van der Waals surface area contributed by atoms with Gasteiger partial charge in [-0.15, -0.1) is 0 Å². The summed E-state index contributed by atoms with van der Waals surface area (Å²) in [7, 11) is 0. The van der Waals surface area contributed by atoms with Gasteiger partial charge in [-0.25, -0.2) is 5.01 Å². The van der Waals surface area contributed by atoms with E-state index in [9.17, 15) is 0 Å². The topological polar surface area (TPSA) is 15.3 Å². The molecule has 0 amide bonds. The van der Waals surface area contributed by atoms with Gasteiger partial charge >= 0.3 is 0 Å². The first-order valence-corrected chi connectivity index (χ1v) is 3.28. The molecule has 1 aliphatic heterocycles. The first kappa shape index (κ1) is 6.05. The van der Waals surface area contributed by atoms with Gasteiger partial charge in [0.15, 0.2) is 0 Å². The van der Waals surface area contributed by atoms with Crippen molar-refractivity contribution < 1.29 is 0 Å². The summed E-state index contributed by atoms with van der Waals surface area (Å²) in [4.78, 5) is 0. The number of nitrogens with zero attached hydrogens (tertiary/aromatic N) is 1. The van der Waals surface area contributed by atoms with Crippen LogP contribution in [0.2, 0.25) is 0 Å². The maximum atomic E-state index is 3.28. The second-order valence-electron chi connectivity index (χ2n) is 2.44. The largest absolute Gasteiger partial charge is 0.250 e. The minimum Gasteiger partial charge on any atom is -0.250 e. The molecule has 1 N–H and O–H groups in total. The first-order chi connectivity index (χ1) is 3.75. The Morgan fingerprint density at radius 1 is 1.50 bits per heavy atom.